The first-order valence-corrected chi connectivity index (χ1v) is 11.0. The molecule has 0 fully saturated rings. The predicted octanol–water partition coefficient (Wildman–Crippen LogP) is 4.92. The Hall–Kier alpha value is -2.97. The molecule has 9 heteroatoms. The van der Waals surface area contributed by atoms with Gasteiger partial charge in [-0.15, -0.1) is 16.8 Å². The molecule has 0 aliphatic rings. The Morgan fingerprint density at radius 2 is 2.03 bits per heavy atom. The minimum atomic E-state index is -0.207. The van der Waals surface area contributed by atoms with E-state index in [1.54, 1.807) is 24.3 Å². The molecule has 2 aromatic carbocycles. The maximum atomic E-state index is 12.5. The minimum absolute atomic E-state index is 0.147. The summed E-state index contributed by atoms with van der Waals surface area (Å²) in [6.07, 6.45) is 1.77. The van der Waals surface area contributed by atoms with Crippen LogP contribution in [0.4, 0.5) is 5.69 Å². The molecule has 1 aromatic heterocycles. The first-order valence-electron chi connectivity index (χ1n) is 9.59. The third-order valence-corrected chi connectivity index (χ3v) is 5.42. The number of rotatable bonds is 10. The topological polar surface area (TPSA) is 78.3 Å². The highest BCUT2D eigenvalue weighted by Crippen LogP contribution is 2.29. The molecule has 162 valence electrons. The van der Waals surface area contributed by atoms with Gasteiger partial charge in [0.15, 0.2) is 11.0 Å². The smallest absolute Gasteiger partial charge is 0.234 e. The number of hydrogen-bond acceptors (Lipinski definition) is 6. The van der Waals surface area contributed by atoms with Gasteiger partial charge in [-0.05, 0) is 49.4 Å². The maximum Gasteiger partial charge on any atom is 0.234 e. The lowest BCUT2D eigenvalue weighted by molar-refractivity contribution is -0.113. The molecule has 1 N–H and O–H groups in total. The van der Waals surface area contributed by atoms with E-state index in [0.717, 1.165) is 11.3 Å². The van der Waals surface area contributed by atoms with E-state index in [1.807, 2.05) is 35.8 Å². The van der Waals surface area contributed by atoms with E-state index in [0.29, 0.717) is 40.6 Å². The summed E-state index contributed by atoms with van der Waals surface area (Å²) in [5, 5.41) is 12.5. The number of hydrogen-bond donors (Lipinski definition) is 1. The zero-order valence-electron chi connectivity index (χ0n) is 17.3. The lowest BCUT2D eigenvalue weighted by atomic mass is 10.2. The number of anilines is 1. The molecule has 7 nitrogen and oxygen atoms in total. The molecule has 0 spiro atoms. The van der Waals surface area contributed by atoms with E-state index in [4.69, 9.17) is 21.1 Å². The highest BCUT2D eigenvalue weighted by Gasteiger charge is 2.16. The molecule has 0 saturated heterocycles. The Balaban J connectivity index is 1.72. The summed E-state index contributed by atoms with van der Waals surface area (Å²) < 4.78 is 12.7. The predicted molar refractivity (Wildman–Crippen MR) is 124 cm³/mol. The van der Waals surface area contributed by atoms with Gasteiger partial charge in [0, 0.05) is 17.1 Å². The Kier molecular flexibility index (Phi) is 7.97. The molecule has 31 heavy (non-hydrogen) atoms. The molecule has 3 aromatic rings. The van der Waals surface area contributed by atoms with Crippen molar-refractivity contribution in [3.05, 3.63) is 60.1 Å². The second kappa shape index (κ2) is 10.9. The van der Waals surface area contributed by atoms with Gasteiger partial charge in [-0.1, -0.05) is 29.4 Å². The summed E-state index contributed by atoms with van der Waals surface area (Å²) in [4.78, 5) is 12.5. The van der Waals surface area contributed by atoms with Crippen LogP contribution in [0.25, 0.3) is 11.4 Å². The summed E-state index contributed by atoms with van der Waals surface area (Å²) in [6, 6.07) is 12.7. The second-order valence-electron chi connectivity index (χ2n) is 6.34. The van der Waals surface area contributed by atoms with Crippen molar-refractivity contribution in [1.82, 2.24) is 14.8 Å². The molecule has 1 heterocycles. The monoisotopic (exact) mass is 458 g/mol. The van der Waals surface area contributed by atoms with E-state index in [2.05, 4.69) is 22.1 Å². The summed E-state index contributed by atoms with van der Waals surface area (Å²) in [5.74, 6) is 1.97. The summed E-state index contributed by atoms with van der Waals surface area (Å²) >= 11 is 7.31. The van der Waals surface area contributed by atoms with Crippen molar-refractivity contribution in [2.24, 2.45) is 0 Å². The molecule has 0 atom stereocenters. The molecule has 1 amide bonds. The van der Waals surface area contributed by atoms with Crippen LogP contribution in [0.15, 0.2) is 60.3 Å². The van der Waals surface area contributed by atoms with Crippen LogP contribution in [0.2, 0.25) is 5.02 Å². The first-order chi connectivity index (χ1) is 15.0. The van der Waals surface area contributed by atoms with Gasteiger partial charge in [0.05, 0.1) is 25.2 Å². The van der Waals surface area contributed by atoms with Crippen LogP contribution in [0.1, 0.15) is 6.92 Å². The number of thioether (sulfide) groups is 1. The standard InChI is InChI=1S/C22H23ClN4O3S/c1-4-12-27-21(15-6-9-17(10-7-15)30-5-2)25-26-22(27)31-14-20(28)24-18-13-16(23)8-11-19(18)29-3/h4,6-11,13H,1,5,12,14H2,2-3H3,(H,24,28). The van der Waals surface area contributed by atoms with Gasteiger partial charge in [0.25, 0.3) is 0 Å². The van der Waals surface area contributed by atoms with Gasteiger partial charge in [-0.25, -0.2) is 0 Å². The number of ether oxygens (including phenoxy) is 2. The molecular formula is C22H23ClN4O3S. The van der Waals surface area contributed by atoms with Gasteiger partial charge >= 0.3 is 0 Å². The zero-order chi connectivity index (χ0) is 22.2. The third kappa shape index (κ3) is 5.80. The number of benzene rings is 2. The zero-order valence-corrected chi connectivity index (χ0v) is 18.9. The fourth-order valence-electron chi connectivity index (χ4n) is 2.86. The van der Waals surface area contributed by atoms with Crippen molar-refractivity contribution in [3.63, 3.8) is 0 Å². The van der Waals surface area contributed by atoms with Crippen molar-refractivity contribution >= 4 is 35.0 Å². The van der Waals surface area contributed by atoms with E-state index in [1.165, 1.54) is 18.9 Å². The van der Waals surface area contributed by atoms with Crippen LogP contribution in [0.5, 0.6) is 11.5 Å². The number of nitrogens with one attached hydrogen (secondary N) is 1. The van der Waals surface area contributed by atoms with Crippen molar-refractivity contribution < 1.29 is 14.3 Å². The maximum absolute atomic E-state index is 12.5. The van der Waals surface area contributed by atoms with Crippen molar-refractivity contribution in [2.75, 3.05) is 24.8 Å². The molecule has 0 aliphatic carbocycles. The molecule has 0 radical (unpaired) electrons. The van der Waals surface area contributed by atoms with E-state index in [-0.39, 0.29) is 11.7 Å². The lowest BCUT2D eigenvalue weighted by Crippen LogP contribution is -2.15. The SMILES string of the molecule is C=CCn1c(SCC(=O)Nc2cc(Cl)ccc2OC)nnc1-c1ccc(OCC)cc1. The Labute approximate surface area is 190 Å². The van der Waals surface area contributed by atoms with E-state index < -0.39 is 0 Å². The molecule has 3 rings (SSSR count). The molecule has 0 bridgehead atoms. The Bertz CT molecular complexity index is 1050. The van der Waals surface area contributed by atoms with Crippen LogP contribution < -0.4 is 14.8 Å². The number of allylic oxidation sites excluding steroid dienone is 1. The van der Waals surface area contributed by atoms with Gasteiger partial charge in [0.1, 0.15) is 11.5 Å². The van der Waals surface area contributed by atoms with Gasteiger partial charge in [-0.2, -0.15) is 0 Å². The number of carbonyl (C=O) groups is 1. The van der Waals surface area contributed by atoms with Crippen LogP contribution in [0, 0.1) is 0 Å². The summed E-state index contributed by atoms with van der Waals surface area (Å²) in [5.41, 5.74) is 1.42. The fourth-order valence-corrected chi connectivity index (χ4v) is 3.78. The largest absolute Gasteiger partial charge is 0.495 e. The van der Waals surface area contributed by atoms with Crippen molar-refractivity contribution in [1.29, 1.82) is 0 Å². The minimum Gasteiger partial charge on any atom is -0.495 e. The average Bonchev–Trinajstić information content (AvgIpc) is 3.16. The fraction of sp³-hybridized carbons (Fsp3) is 0.227. The number of halogens is 1. The normalized spacial score (nSPS) is 10.5. The third-order valence-electron chi connectivity index (χ3n) is 4.22. The van der Waals surface area contributed by atoms with Crippen LogP contribution in [0.3, 0.4) is 0 Å². The van der Waals surface area contributed by atoms with E-state index >= 15 is 0 Å². The quantitative estimate of drug-likeness (QED) is 0.343. The van der Waals surface area contributed by atoms with Gasteiger partial charge < -0.3 is 14.8 Å². The number of aromatic nitrogens is 3. The molecule has 0 saturated carbocycles. The Morgan fingerprint density at radius 1 is 1.26 bits per heavy atom. The second-order valence-corrected chi connectivity index (χ2v) is 7.72. The van der Waals surface area contributed by atoms with Crippen molar-refractivity contribution in [3.8, 4) is 22.9 Å². The van der Waals surface area contributed by atoms with Crippen LogP contribution in [-0.4, -0.2) is 40.1 Å². The molecule has 0 aliphatic heterocycles. The first kappa shape index (κ1) is 22.7. The van der Waals surface area contributed by atoms with Gasteiger partial charge in [-0.3, -0.25) is 9.36 Å². The summed E-state index contributed by atoms with van der Waals surface area (Å²) in [7, 11) is 1.54. The molecular weight excluding hydrogens is 436 g/mol. The highest BCUT2D eigenvalue weighted by atomic mass is 35.5. The number of amides is 1. The number of nitrogens with zero attached hydrogens (tertiary/aromatic N) is 3. The van der Waals surface area contributed by atoms with Crippen LogP contribution >= 0.6 is 23.4 Å². The Morgan fingerprint density at radius 3 is 2.71 bits per heavy atom. The molecule has 0 unspecified atom stereocenters. The number of methoxy groups -OCH3 is 1. The van der Waals surface area contributed by atoms with Crippen LogP contribution in [-0.2, 0) is 11.3 Å². The van der Waals surface area contributed by atoms with Gasteiger partial charge in [0.2, 0.25) is 5.91 Å². The average molecular weight is 459 g/mol. The highest BCUT2D eigenvalue weighted by molar-refractivity contribution is 7.99. The van der Waals surface area contributed by atoms with Crippen molar-refractivity contribution in [2.45, 2.75) is 18.6 Å². The lowest BCUT2D eigenvalue weighted by Gasteiger charge is -2.11. The summed E-state index contributed by atoms with van der Waals surface area (Å²) in [6.45, 7) is 6.88. The van der Waals surface area contributed by atoms with E-state index in [9.17, 15) is 4.79 Å². The number of carbonyl (C=O) groups excluding carboxylic acids is 1.